The fraction of sp³-hybridized carbons (Fsp3) is 0.684. The van der Waals surface area contributed by atoms with Crippen molar-refractivity contribution in [2.75, 3.05) is 18.5 Å². The van der Waals surface area contributed by atoms with Crippen LogP contribution in [0.2, 0.25) is 0 Å². The van der Waals surface area contributed by atoms with Crippen molar-refractivity contribution in [2.24, 2.45) is 11.8 Å². The minimum Gasteiger partial charge on any atom is -0.494 e. The molecule has 3 heteroatoms. The number of hydrogen-bond donors (Lipinski definition) is 1. The third-order valence-electron chi connectivity index (χ3n) is 5.38. The van der Waals surface area contributed by atoms with Crippen LogP contribution in [0.15, 0.2) is 18.2 Å². The van der Waals surface area contributed by atoms with E-state index in [0.29, 0.717) is 12.0 Å². The molecule has 2 heterocycles. The van der Waals surface area contributed by atoms with E-state index in [1.807, 2.05) is 0 Å². The molecule has 1 N–H and O–H groups in total. The first kappa shape index (κ1) is 14.4. The highest BCUT2D eigenvalue weighted by atomic mass is 16.5. The van der Waals surface area contributed by atoms with Crippen molar-refractivity contribution in [1.82, 2.24) is 0 Å². The number of ether oxygens (including phenoxy) is 2. The van der Waals surface area contributed by atoms with Crippen molar-refractivity contribution in [3.63, 3.8) is 0 Å². The molecule has 0 radical (unpaired) electrons. The lowest BCUT2D eigenvalue weighted by Gasteiger charge is -2.43. The summed E-state index contributed by atoms with van der Waals surface area (Å²) in [4.78, 5) is 0. The van der Waals surface area contributed by atoms with Gasteiger partial charge in [0.15, 0.2) is 0 Å². The highest BCUT2D eigenvalue weighted by molar-refractivity contribution is 5.58. The molecular formula is C19H27NO2. The van der Waals surface area contributed by atoms with Gasteiger partial charge in [0.1, 0.15) is 5.75 Å². The lowest BCUT2D eigenvalue weighted by molar-refractivity contribution is -0.0400. The maximum Gasteiger partial charge on any atom is 0.119 e. The summed E-state index contributed by atoms with van der Waals surface area (Å²) >= 11 is 0. The summed E-state index contributed by atoms with van der Waals surface area (Å²) < 4.78 is 12.1. The van der Waals surface area contributed by atoms with Gasteiger partial charge in [0.25, 0.3) is 0 Å². The molecule has 1 saturated carbocycles. The zero-order valence-electron chi connectivity index (χ0n) is 13.5. The molecule has 0 bridgehead atoms. The van der Waals surface area contributed by atoms with Crippen LogP contribution >= 0.6 is 0 Å². The maximum atomic E-state index is 6.20. The van der Waals surface area contributed by atoms with Gasteiger partial charge in [0.2, 0.25) is 0 Å². The van der Waals surface area contributed by atoms with Crippen LogP contribution in [-0.4, -0.2) is 19.3 Å². The summed E-state index contributed by atoms with van der Waals surface area (Å²) in [5.74, 6) is 2.49. The Bertz CT molecular complexity index is 526. The Hall–Kier alpha value is -1.22. The van der Waals surface area contributed by atoms with Crippen LogP contribution in [0.5, 0.6) is 5.75 Å². The van der Waals surface area contributed by atoms with Crippen molar-refractivity contribution in [3.05, 3.63) is 23.8 Å². The standard InChI is InChI=1S/C19H27NO2/c1-2-3-10-21-14-8-9-17-16(12-14)19-15(5-4-11-22-19)18(20-17)13-6-7-13/h8-9,12-13,15,18-20H,2-7,10-11H2,1H3/t15-,18+,19-/m0/s1. The number of rotatable bonds is 5. The molecule has 2 fully saturated rings. The van der Waals surface area contributed by atoms with E-state index < -0.39 is 0 Å². The third kappa shape index (κ3) is 2.71. The minimum atomic E-state index is 0.269. The SMILES string of the molecule is CCCCOc1ccc2c(c1)[C@H]1OCCC[C@H]1[C@@H](C1CC1)N2. The van der Waals surface area contributed by atoms with Crippen LogP contribution in [0, 0.1) is 11.8 Å². The lowest BCUT2D eigenvalue weighted by atomic mass is 9.78. The van der Waals surface area contributed by atoms with Gasteiger partial charge in [-0.15, -0.1) is 0 Å². The molecule has 3 atom stereocenters. The highest BCUT2D eigenvalue weighted by Crippen LogP contribution is 2.50. The normalized spacial score (nSPS) is 30.1. The minimum absolute atomic E-state index is 0.269. The van der Waals surface area contributed by atoms with Crippen molar-refractivity contribution in [2.45, 2.75) is 57.6 Å². The molecular weight excluding hydrogens is 274 g/mol. The van der Waals surface area contributed by atoms with Crippen molar-refractivity contribution in [1.29, 1.82) is 0 Å². The Balaban J connectivity index is 1.58. The van der Waals surface area contributed by atoms with E-state index >= 15 is 0 Å². The van der Waals surface area contributed by atoms with Crippen LogP contribution in [0.4, 0.5) is 5.69 Å². The quantitative estimate of drug-likeness (QED) is 0.810. The van der Waals surface area contributed by atoms with Crippen LogP contribution in [0.3, 0.4) is 0 Å². The molecule has 120 valence electrons. The van der Waals surface area contributed by atoms with Gasteiger partial charge in [-0.3, -0.25) is 0 Å². The van der Waals surface area contributed by atoms with E-state index in [1.54, 1.807) is 0 Å². The number of fused-ring (bicyclic) bond motifs is 3. The average Bonchev–Trinajstić information content (AvgIpc) is 3.39. The van der Waals surface area contributed by atoms with Crippen LogP contribution in [0.1, 0.15) is 57.1 Å². The van der Waals surface area contributed by atoms with Crippen LogP contribution in [0.25, 0.3) is 0 Å². The molecule has 3 nitrogen and oxygen atoms in total. The third-order valence-corrected chi connectivity index (χ3v) is 5.38. The second kappa shape index (κ2) is 6.11. The maximum absolute atomic E-state index is 6.20. The fourth-order valence-electron chi connectivity index (χ4n) is 4.03. The predicted molar refractivity (Wildman–Crippen MR) is 88.4 cm³/mol. The summed E-state index contributed by atoms with van der Waals surface area (Å²) in [5, 5.41) is 3.82. The summed E-state index contributed by atoms with van der Waals surface area (Å²) in [7, 11) is 0. The monoisotopic (exact) mass is 301 g/mol. The molecule has 1 saturated heterocycles. The zero-order valence-corrected chi connectivity index (χ0v) is 13.5. The number of unbranched alkanes of at least 4 members (excludes halogenated alkanes) is 1. The molecule has 1 aromatic carbocycles. The zero-order chi connectivity index (χ0) is 14.9. The first-order valence-electron chi connectivity index (χ1n) is 9.01. The fourth-order valence-corrected chi connectivity index (χ4v) is 4.03. The predicted octanol–water partition coefficient (Wildman–Crippen LogP) is 4.54. The van der Waals surface area contributed by atoms with Crippen LogP contribution in [-0.2, 0) is 4.74 Å². The number of anilines is 1. The van der Waals surface area contributed by atoms with Gasteiger partial charge in [-0.1, -0.05) is 13.3 Å². The van der Waals surface area contributed by atoms with Gasteiger partial charge in [-0.25, -0.2) is 0 Å². The van der Waals surface area contributed by atoms with Gasteiger partial charge >= 0.3 is 0 Å². The van der Waals surface area contributed by atoms with Crippen molar-refractivity contribution in [3.8, 4) is 5.75 Å². The lowest BCUT2D eigenvalue weighted by Crippen LogP contribution is -2.42. The molecule has 0 amide bonds. The van der Waals surface area contributed by atoms with Gasteiger partial charge in [0, 0.05) is 29.8 Å². The molecule has 0 unspecified atom stereocenters. The second-order valence-corrected chi connectivity index (χ2v) is 7.06. The first-order valence-corrected chi connectivity index (χ1v) is 9.01. The largest absolute Gasteiger partial charge is 0.494 e. The Morgan fingerprint density at radius 1 is 1.27 bits per heavy atom. The van der Waals surface area contributed by atoms with Crippen molar-refractivity contribution < 1.29 is 9.47 Å². The summed E-state index contributed by atoms with van der Waals surface area (Å²) in [6, 6.07) is 7.13. The Labute approximate surface area is 133 Å². The van der Waals surface area contributed by atoms with E-state index in [-0.39, 0.29) is 6.10 Å². The molecule has 3 aliphatic rings. The van der Waals surface area contributed by atoms with Gasteiger partial charge < -0.3 is 14.8 Å². The van der Waals surface area contributed by atoms with Gasteiger partial charge in [0.05, 0.1) is 12.7 Å². The van der Waals surface area contributed by atoms with E-state index in [4.69, 9.17) is 9.47 Å². The highest BCUT2D eigenvalue weighted by Gasteiger charge is 2.45. The average molecular weight is 301 g/mol. The molecule has 4 rings (SSSR count). The van der Waals surface area contributed by atoms with Crippen molar-refractivity contribution >= 4 is 5.69 Å². The summed E-state index contributed by atoms with van der Waals surface area (Å²) in [6.45, 7) is 3.90. The van der Waals surface area contributed by atoms with Gasteiger partial charge in [-0.05, 0) is 56.2 Å². The van der Waals surface area contributed by atoms with Gasteiger partial charge in [-0.2, -0.15) is 0 Å². The van der Waals surface area contributed by atoms with Crippen LogP contribution < -0.4 is 10.1 Å². The molecule has 1 aromatic rings. The van der Waals surface area contributed by atoms with E-state index in [1.165, 1.54) is 43.4 Å². The summed E-state index contributed by atoms with van der Waals surface area (Å²) in [6.07, 6.45) is 7.81. The number of hydrogen-bond acceptors (Lipinski definition) is 3. The number of nitrogens with one attached hydrogen (secondary N) is 1. The molecule has 22 heavy (non-hydrogen) atoms. The molecule has 0 spiro atoms. The van der Waals surface area contributed by atoms with E-state index in [9.17, 15) is 0 Å². The smallest absolute Gasteiger partial charge is 0.119 e. The Kier molecular flexibility index (Phi) is 4.00. The topological polar surface area (TPSA) is 30.5 Å². The number of benzene rings is 1. The molecule has 2 aliphatic heterocycles. The van der Waals surface area contributed by atoms with E-state index in [2.05, 4.69) is 30.4 Å². The molecule has 1 aliphatic carbocycles. The van der Waals surface area contributed by atoms with E-state index in [0.717, 1.165) is 31.3 Å². The molecule has 0 aromatic heterocycles. The summed E-state index contributed by atoms with van der Waals surface area (Å²) in [5.41, 5.74) is 2.58. The Morgan fingerprint density at radius 3 is 3.00 bits per heavy atom. The first-order chi connectivity index (χ1) is 10.9. The second-order valence-electron chi connectivity index (χ2n) is 7.06. The Morgan fingerprint density at radius 2 is 2.18 bits per heavy atom.